The van der Waals surface area contributed by atoms with Crippen LogP contribution >= 0.6 is 0 Å². The van der Waals surface area contributed by atoms with Crippen LogP contribution in [0.4, 0.5) is 8.78 Å². The summed E-state index contributed by atoms with van der Waals surface area (Å²) in [5.41, 5.74) is 5.85. The summed E-state index contributed by atoms with van der Waals surface area (Å²) in [6, 6.07) is 9.62. The topological polar surface area (TPSA) is 43.1 Å². The molecule has 2 rings (SSSR count). The molecule has 0 saturated carbocycles. The Bertz CT molecular complexity index is 564. The molecule has 0 aliphatic heterocycles. The van der Waals surface area contributed by atoms with Crippen molar-refractivity contribution in [1.29, 1.82) is 0 Å². The van der Waals surface area contributed by atoms with Crippen LogP contribution in [0.5, 0.6) is 0 Å². The summed E-state index contributed by atoms with van der Waals surface area (Å²) in [4.78, 5) is 11.2. The van der Waals surface area contributed by atoms with Crippen molar-refractivity contribution in [3.05, 3.63) is 59.7 Å². The fraction of sp³-hybridized carbons (Fsp3) is 0. The molecule has 2 aromatic rings. The molecule has 0 saturated heterocycles. The molecule has 1 amide bonds. The summed E-state index contributed by atoms with van der Waals surface area (Å²) in [6.45, 7) is 0. The zero-order valence-electron chi connectivity index (χ0n) is 8.78. The lowest BCUT2D eigenvalue weighted by atomic mass is 9.99. The van der Waals surface area contributed by atoms with Crippen molar-refractivity contribution < 1.29 is 13.6 Å². The van der Waals surface area contributed by atoms with Gasteiger partial charge in [-0.1, -0.05) is 24.3 Å². The van der Waals surface area contributed by atoms with Gasteiger partial charge in [0, 0.05) is 0 Å². The normalized spacial score (nSPS) is 10.2. The Morgan fingerprint density at radius 3 is 2.24 bits per heavy atom. The largest absolute Gasteiger partial charge is 0.365 e. The smallest absolute Gasteiger partial charge is 0.252 e. The predicted molar refractivity (Wildman–Crippen MR) is 60.3 cm³/mol. The molecule has 0 heterocycles. The van der Waals surface area contributed by atoms with Gasteiger partial charge in [0.15, 0.2) is 0 Å². The van der Waals surface area contributed by atoms with Crippen LogP contribution in [-0.2, 0) is 0 Å². The zero-order chi connectivity index (χ0) is 12.4. The van der Waals surface area contributed by atoms with Crippen LogP contribution in [0.3, 0.4) is 0 Å². The van der Waals surface area contributed by atoms with Crippen LogP contribution < -0.4 is 5.73 Å². The first-order chi connectivity index (χ1) is 8.09. The van der Waals surface area contributed by atoms with Crippen molar-refractivity contribution in [3.8, 4) is 11.1 Å². The van der Waals surface area contributed by atoms with Crippen molar-refractivity contribution in [3.63, 3.8) is 0 Å². The number of primary amides is 1. The van der Waals surface area contributed by atoms with E-state index < -0.39 is 17.5 Å². The molecular formula is C13H9F2NO. The lowest BCUT2D eigenvalue weighted by Gasteiger charge is -2.07. The first-order valence-corrected chi connectivity index (χ1v) is 4.94. The van der Waals surface area contributed by atoms with Crippen LogP contribution in [0.2, 0.25) is 0 Å². The molecule has 0 bridgehead atoms. The van der Waals surface area contributed by atoms with E-state index in [1.54, 1.807) is 6.07 Å². The van der Waals surface area contributed by atoms with Crippen LogP contribution in [0.15, 0.2) is 42.5 Å². The molecule has 86 valence electrons. The van der Waals surface area contributed by atoms with E-state index in [2.05, 4.69) is 0 Å². The van der Waals surface area contributed by atoms with Gasteiger partial charge in [0.05, 0.1) is 5.56 Å². The third kappa shape index (κ3) is 2.15. The van der Waals surface area contributed by atoms with Crippen molar-refractivity contribution >= 4 is 5.91 Å². The van der Waals surface area contributed by atoms with Gasteiger partial charge >= 0.3 is 0 Å². The molecule has 2 aromatic carbocycles. The molecule has 0 atom stereocenters. The van der Waals surface area contributed by atoms with E-state index in [1.807, 2.05) is 0 Å². The van der Waals surface area contributed by atoms with Gasteiger partial charge in [-0.25, -0.2) is 8.78 Å². The molecule has 0 radical (unpaired) electrons. The third-order valence-corrected chi connectivity index (χ3v) is 2.42. The third-order valence-electron chi connectivity index (χ3n) is 2.42. The highest BCUT2D eigenvalue weighted by molar-refractivity contribution is 6.00. The molecular weight excluding hydrogens is 224 g/mol. The second-order valence-corrected chi connectivity index (χ2v) is 3.53. The summed E-state index contributed by atoms with van der Waals surface area (Å²) in [5.74, 6) is -1.92. The molecule has 2 nitrogen and oxygen atoms in total. The van der Waals surface area contributed by atoms with Gasteiger partial charge in [-0.15, -0.1) is 0 Å². The minimum absolute atomic E-state index is 0.181. The van der Waals surface area contributed by atoms with E-state index in [9.17, 15) is 13.6 Å². The highest BCUT2D eigenvalue weighted by atomic mass is 19.1. The summed E-state index contributed by atoms with van der Waals surface area (Å²) < 4.78 is 26.3. The first-order valence-electron chi connectivity index (χ1n) is 4.94. The first kappa shape index (κ1) is 11.3. The molecule has 4 heteroatoms. The Morgan fingerprint density at radius 1 is 1.00 bits per heavy atom. The van der Waals surface area contributed by atoms with E-state index in [0.29, 0.717) is 11.1 Å². The Balaban J connectivity index is 2.63. The Hall–Kier alpha value is -2.23. The second kappa shape index (κ2) is 4.33. The summed E-state index contributed by atoms with van der Waals surface area (Å²) in [5, 5.41) is 0. The molecule has 2 N–H and O–H groups in total. The highest BCUT2D eigenvalue weighted by Gasteiger charge is 2.14. The lowest BCUT2D eigenvalue weighted by molar-refractivity contribution is 0.0997. The van der Waals surface area contributed by atoms with Gasteiger partial charge in [-0.05, 0) is 29.3 Å². The number of hydrogen-bond donors (Lipinski definition) is 1. The minimum Gasteiger partial charge on any atom is -0.365 e. The summed E-state index contributed by atoms with van der Waals surface area (Å²) >= 11 is 0. The van der Waals surface area contributed by atoms with Crippen LogP contribution in [0.25, 0.3) is 11.1 Å². The standard InChI is InChI=1S/C13H9F2NO/c14-9-6-4-8(5-7-9)10-2-1-3-11(15)12(10)13(16)17/h1-7H,(H2,16,17). The molecule has 0 unspecified atom stereocenters. The van der Waals surface area contributed by atoms with Crippen LogP contribution in [-0.4, -0.2) is 5.91 Å². The van der Waals surface area contributed by atoms with E-state index in [1.165, 1.54) is 30.3 Å². The van der Waals surface area contributed by atoms with E-state index in [0.717, 1.165) is 6.07 Å². The summed E-state index contributed by atoms with van der Waals surface area (Å²) in [7, 11) is 0. The Kier molecular flexibility index (Phi) is 2.87. The molecule has 0 aliphatic rings. The zero-order valence-corrected chi connectivity index (χ0v) is 8.78. The van der Waals surface area contributed by atoms with Gasteiger partial charge < -0.3 is 5.73 Å². The number of hydrogen-bond acceptors (Lipinski definition) is 1. The lowest BCUT2D eigenvalue weighted by Crippen LogP contribution is -2.14. The number of carbonyl (C=O) groups is 1. The van der Waals surface area contributed by atoms with Gasteiger partial charge in [-0.3, -0.25) is 4.79 Å². The quantitative estimate of drug-likeness (QED) is 0.851. The average Bonchev–Trinajstić information content (AvgIpc) is 2.29. The fourth-order valence-corrected chi connectivity index (χ4v) is 1.64. The SMILES string of the molecule is NC(=O)c1c(F)cccc1-c1ccc(F)cc1. The van der Waals surface area contributed by atoms with E-state index in [4.69, 9.17) is 5.73 Å². The number of amides is 1. The molecule has 0 fully saturated rings. The van der Waals surface area contributed by atoms with Crippen LogP contribution in [0, 0.1) is 11.6 Å². The number of rotatable bonds is 2. The fourth-order valence-electron chi connectivity index (χ4n) is 1.64. The highest BCUT2D eigenvalue weighted by Crippen LogP contribution is 2.25. The maximum Gasteiger partial charge on any atom is 0.252 e. The number of benzene rings is 2. The van der Waals surface area contributed by atoms with Crippen molar-refractivity contribution in [2.45, 2.75) is 0 Å². The predicted octanol–water partition coefficient (Wildman–Crippen LogP) is 2.73. The molecule has 17 heavy (non-hydrogen) atoms. The van der Waals surface area contributed by atoms with Gasteiger partial charge in [0.25, 0.3) is 5.91 Å². The maximum absolute atomic E-state index is 13.5. The van der Waals surface area contributed by atoms with Crippen molar-refractivity contribution in [2.24, 2.45) is 5.73 Å². The summed E-state index contributed by atoms with van der Waals surface area (Å²) in [6.07, 6.45) is 0. The Morgan fingerprint density at radius 2 is 1.65 bits per heavy atom. The maximum atomic E-state index is 13.5. The average molecular weight is 233 g/mol. The monoisotopic (exact) mass is 233 g/mol. The van der Waals surface area contributed by atoms with E-state index >= 15 is 0 Å². The number of halogens is 2. The molecule has 0 spiro atoms. The van der Waals surface area contributed by atoms with Gasteiger partial charge in [-0.2, -0.15) is 0 Å². The van der Waals surface area contributed by atoms with Gasteiger partial charge in [0.1, 0.15) is 11.6 Å². The number of carbonyl (C=O) groups excluding carboxylic acids is 1. The van der Waals surface area contributed by atoms with E-state index in [-0.39, 0.29) is 5.56 Å². The van der Waals surface area contributed by atoms with Crippen LogP contribution in [0.1, 0.15) is 10.4 Å². The molecule has 0 aromatic heterocycles. The van der Waals surface area contributed by atoms with Crippen molar-refractivity contribution in [2.75, 3.05) is 0 Å². The number of nitrogens with two attached hydrogens (primary N) is 1. The minimum atomic E-state index is -0.845. The Labute approximate surface area is 96.7 Å². The van der Waals surface area contributed by atoms with Gasteiger partial charge in [0.2, 0.25) is 0 Å². The second-order valence-electron chi connectivity index (χ2n) is 3.53. The molecule has 0 aliphatic carbocycles. The van der Waals surface area contributed by atoms with Crippen molar-refractivity contribution in [1.82, 2.24) is 0 Å².